The fraction of sp³-hybridized carbons (Fsp3) is 0.250. The fourth-order valence-corrected chi connectivity index (χ4v) is 2.48. The summed E-state index contributed by atoms with van der Waals surface area (Å²) in [7, 11) is 2.07. The van der Waals surface area contributed by atoms with Gasteiger partial charge in [0.2, 0.25) is 0 Å². The van der Waals surface area contributed by atoms with Crippen molar-refractivity contribution >= 4 is 15.9 Å². The third-order valence-corrected chi connectivity index (χ3v) is 3.77. The summed E-state index contributed by atoms with van der Waals surface area (Å²) in [6, 6.07) is 13.4. The van der Waals surface area contributed by atoms with Gasteiger partial charge >= 0.3 is 0 Å². The van der Waals surface area contributed by atoms with Gasteiger partial charge in [-0.25, -0.2) is 4.39 Å². The van der Waals surface area contributed by atoms with Gasteiger partial charge < -0.3 is 0 Å². The molecule has 0 atom stereocenters. The van der Waals surface area contributed by atoms with E-state index in [0.29, 0.717) is 0 Å². The first kappa shape index (κ1) is 14.2. The first-order valence-electron chi connectivity index (χ1n) is 6.22. The Bertz CT molecular complexity index is 551. The van der Waals surface area contributed by atoms with Crippen LogP contribution in [-0.4, -0.2) is 11.9 Å². The highest BCUT2D eigenvalue weighted by Crippen LogP contribution is 2.20. The van der Waals surface area contributed by atoms with E-state index in [1.807, 2.05) is 6.07 Å². The molecule has 100 valence electrons. The van der Waals surface area contributed by atoms with Crippen LogP contribution in [0.25, 0.3) is 0 Å². The van der Waals surface area contributed by atoms with Gasteiger partial charge in [0.1, 0.15) is 5.82 Å². The Morgan fingerprint density at radius 3 is 2.37 bits per heavy atom. The Balaban J connectivity index is 2.01. The molecule has 0 amide bonds. The van der Waals surface area contributed by atoms with Crippen molar-refractivity contribution in [3.63, 3.8) is 0 Å². The Hall–Kier alpha value is -1.19. The zero-order valence-electron chi connectivity index (χ0n) is 11.2. The first-order chi connectivity index (χ1) is 9.04. The summed E-state index contributed by atoms with van der Waals surface area (Å²) in [4.78, 5) is 2.21. The molecule has 0 aliphatic carbocycles. The first-order valence-corrected chi connectivity index (χ1v) is 7.02. The van der Waals surface area contributed by atoms with Gasteiger partial charge in [-0.2, -0.15) is 0 Å². The summed E-state index contributed by atoms with van der Waals surface area (Å²) in [5.41, 5.74) is 3.65. The summed E-state index contributed by atoms with van der Waals surface area (Å²) in [6.07, 6.45) is 0. The summed E-state index contributed by atoms with van der Waals surface area (Å²) in [5, 5.41) is 0. The van der Waals surface area contributed by atoms with E-state index >= 15 is 0 Å². The maximum absolute atomic E-state index is 13.0. The SMILES string of the molecule is Cc1ccc(CN(C)Cc2ccc(F)cc2Br)cc1. The lowest BCUT2D eigenvalue weighted by Gasteiger charge is -2.18. The second-order valence-electron chi connectivity index (χ2n) is 4.89. The Morgan fingerprint density at radius 1 is 1.05 bits per heavy atom. The Labute approximate surface area is 122 Å². The minimum absolute atomic E-state index is 0.211. The predicted molar refractivity (Wildman–Crippen MR) is 80.5 cm³/mol. The van der Waals surface area contributed by atoms with Crippen molar-refractivity contribution in [1.29, 1.82) is 0 Å². The van der Waals surface area contributed by atoms with Crippen LogP contribution in [0.1, 0.15) is 16.7 Å². The molecule has 0 radical (unpaired) electrons. The predicted octanol–water partition coefficient (Wildman–Crippen LogP) is 4.53. The summed E-state index contributed by atoms with van der Waals surface area (Å²) >= 11 is 3.40. The molecule has 1 nitrogen and oxygen atoms in total. The normalized spacial score (nSPS) is 11.0. The molecule has 0 saturated carbocycles. The van der Waals surface area contributed by atoms with Crippen LogP contribution < -0.4 is 0 Å². The van der Waals surface area contributed by atoms with E-state index in [1.165, 1.54) is 23.3 Å². The second kappa shape index (κ2) is 6.31. The Morgan fingerprint density at radius 2 is 1.74 bits per heavy atom. The minimum atomic E-state index is -0.211. The minimum Gasteiger partial charge on any atom is -0.298 e. The van der Waals surface area contributed by atoms with E-state index in [9.17, 15) is 4.39 Å². The van der Waals surface area contributed by atoms with Gasteiger partial charge in [0.05, 0.1) is 0 Å². The molecule has 2 aromatic carbocycles. The van der Waals surface area contributed by atoms with Crippen LogP contribution in [-0.2, 0) is 13.1 Å². The van der Waals surface area contributed by atoms with Crippen molar-refractivity contribution in [1.82, 2.24) is 4.90 Å². The summed E-state index contributed by atoms with van der Waals surface area (Å²) < 4.78 is 13.8. The van der Waals surface area contributed by atoms with E-state index in [0.717, 1.165) is 23.1 Å². The van der Waals surface area contributed by atoms with E-state index in [4.69, 9.17) is 0 Å². The van der Waals surface area contributed by atoms with Gasteiger partial charge in [0.25, 0.3) is 0 Å². The van der Waals surface area contributed by atoms with Gasteiger partial charge in [0, 0.05) is 17.6 Å². The largest absolute Gasteiger partial charge is 0.298 e. The molecule has 0 aliphatic rings. The average molecular weight is 322 g/mol. The topological polar surface area (TPSA) is 3.24 Å². The lowest BCUT2D eigenvalue weighted by atomic mass is 10.1. The van der Waals surface area contributed by atoms with E-state index in [1.54, 1.807) is 0 Å². The maximum atomic E-state index is 13.0. The van der Waals surface area contributed by atoms with Crippen LogP contribution in [0.5, 0.6) is 0 Å². The number of nitrogens with zero attached hydrogens (tertiary/aromatic N) is 1. The van der Waals surface area contributed by atoms with Gasteiger partial charge in [-0.3, -0.25) is 4.90 Å². The lowest BCUT2D eigenvalue weighted by Crippen LogP contribution is -2.17. The van der Waals surface area contributed by atoms with Crippen LogP contribution in [0.4, 0.5) is 4.39 Å². The highest BCUT2D eigenvalue weighted by molar-refractivity contribution is 9.10. The van der Waals surface area contributed by atoms with Crippen molar-refractivity contribution in [2.24, 2.45) is 0 Å². The molecule has 3 heteroatoms. The fourth-order valence-electron chi connectivity index (χ4n) is 2.00. The van der Waals surface area contributed by atoms with Gasteiger partial charge in [0.15, 0.2) is 0 Å². The molecule has 0 heterocycles. The van der Waals surface area contributed by atoms with Crippen LogP contribution in [0.2, 0.25) is 0 Å². The molecular formula is C16H17BrFN. The quantitative estimate of drug-likeness (QED) is 0.799. The van der Waals surface area contributed by atoms with Crippen LogP contribution in [0, 0.1) is 12.7 Å². The highest BCUT2D eigenvalue weighted by atomic mass is 79.9. The standard InChI is InChI=1S/C16H17BrFN/c1-12-3-5-13(6-4-12)10-19(2)11-14-7-8-15(18)9-16(14)17/h3-9H,10-11H2,1-2H3. The third-order valence-electron chi connectivity index (χ3n) is 3.03. The van der Waals surface area contributed by atoms with E-state index in [-0.39, 0.29) is 5.82 Å². The molecule has 0 aliphatic heterocycles. The number of benzene rings is 2. The van der Waals surface area contributed by atoms with Crippen LogP contribution in [0.3, 0.4) is 0 Å². The summed E-state index contributed by atoms with van der Waals surface area (Å²) in [5.74, 6) is -0.211. The molecule has 0 unspecified atom stereocenters. The van der Waals surface area contributed by atoms with Crippen molar-refractivity contribution in [2.75, 3.05) is 7.05 Å². The van der Waals surface area contributed by atoms with Crippen molar-refractivity contribution in [3.05, 3.63) is 69.4 Å². The lowest BCUT2D eigenvalue weighted by molar-refractivity contribution is 0.318. The number of rotatable bonds is 4. The molecular weight excluding hydrogens is 305 g/mol. The van der Waals surface area contributed by atoms with E-state index < -0.39 is 0 Å². The molecule has 0 spiro atoms. The van der Waals surface area contributed by atoms with Gasteiger partial charge in [-0.1, -0.05) is 51.8 Å². The average Bonchev–Trinajstić information content (AvgIpc) is 2.36. The molecule has 2 rings (SSSR count). The number of halogens is 2. The third kappa shape index (κ3) is 4.15. The molecule has 19 heavy (non-hydrogen) atoms. The van der Waals surface area contributed by atoms with Crippen LogP contribution >= 0.6 is 15.9 Å². The summed E-state index contributed by atoms with van der Waals surface area (Å²) in [6.45, 7) is 3.75. The molecule has 0 saturated heterocycles. The highest BCUT2D eigenvalue weighted by Gasteiger charge is 2.06. The molecule has 0 aromatic heterocycles. The van der Waals surface area contributed by atoms with Gasteiger partial charge in [-0.15, -0.1) is 0 Å². The zero-order chi connectivity index (χ0) is 13.8. The Kier molecular flexibility index (Phi) is 4.72. The number of aryl methyl sites for hydroxylation is 1. The second-order valence-corrected chi connectivity index (χ2v) is 5.75. The molecule has 0 bridgehead atoms. The maximum Gasteiger partial charge on any atom is 0.124 e. The molecule has 0 N–H and O–H groups in total. The molecule has 0 fully saturated rings. The molecule has 2 aromatic rings. The van der Waals surface area contributed by atoms with Gasteiger partial charge in [-0.05, 0) is 37.2 Å². The van der Waals surface area contributed by atoms with Crippen molar-refractivity contribution in [3.8, 4) is 0 Å². The van der Waals surface area contributed by atoms with E-state index in [2.05, 4.69) is 59.1 Å². The number of hydrogen-bond acceptors (Lipinski definition) is 1. The number of hydrogen-bond donors (Lipinski definition) is 0. The zero-order valence-corrected chi connectivity index (χ0v) is 12.7. The van der Waals surface area contributed by atoms with Crippen molar-refractivity contribution < 1.29 is 4.39 Å². The smallest absolute Gasteiger partial charge is 0.124 e. The van der Waals surface area contributed by atoms with Crippen molar-refractivity contribution in [2.45, 2.75) is 20.0 Å². The monoisotopic (exact) mass is 321 g/mol. The van der Waals surface area contributed by atoms with Crippen LogP contribution in [0.15, 0.2) is 46.9 Å².